The molecule has 0 atom stereocenters. The first kappa shape index (κ1) is 19.9. The first-order valence-electron chi connectivity index (χ1n) is 8.92. The summed E-state index contributed by atoms with van der Waals surface area (Å²) in [6, 6.07) is 17.6. The van der Waals surface area contributed by atoms with E-state index < -0.39 is 5.97 Å². The van der Waals surface area contributed by atoms with Gasteiger partial charge in [-0.15, -0.1) is 0 Å². The molecule has 0 bridgehead atoms. The van der Waals surface area contributed by atoms with Gasteiger partial charge in [0.25, 0.3) is 5.91 Å². The van der Waals surface area contributed by atoms with Crippen molar-refractivity contribution >= 4 is 23.4 Å². The monoisotopic (exact) mass is 391 g/mol. The van der Waals surface area contributed by atoms with Crippen LogP contribution in [-0.2, 0) is 11.3 Å². The fourth-order valence-electron chi connectivity index (χ4n) is 2.68. The van der Waals surface area contributed by atoms with Gasteiger partial charge >= 0.3 is 5.97 Å². The van der Waals surface area contributed by atoms with Crippen molar-refractivity contribution in [2.24, 2.45) is 0 Å². The largest absolute Gasteiger partial charge is 0.497 e. The molecule has 0 saturated carbocycles. The number of para-hydroxylation sites is 1. The molecule has 1 amide bonds. The van der Waals surface area contributed by atoms with Gasteiger partial charge in [-0.25, -0.2) is 9.78 Å². The number of esters is 1. The van der Waals surface area contributed by atoms with Crippen molar-refractivity contribution in [2.75, 3.05) is 24.9 Å². The summed E-state index contributed by atoms with van der Waals surface area (Å²) in [7, 11) is 2.92. The van der Waals surface area contributed by atoms with Gasteiger partial charge in [-0.3, -0.25) is 4.79 Å². The van der Waals surface area contributed by atoms with Crippen LogP contribution in [-0.4, -0.2) is 31.1 Å². The number of hydrogen-bond donors (Lipinski definition) is 2. The zero-order chi connectivity index (χ0) is 20.6. The smallest absolute Gasteiger partial charge is 0.339 e. The van der Waals surface area contributed by atoms with Crippen molar-refractivity contribution in [3.05, 3.63) is 83.6 Å². The Morgan fingerprint density at radius 2 is 1.76 bits per heavy atom. The minimum atomic E-state index is -0.516. The van der Waals surface area contributed by atoms with Crippen molar-refractivity contribution in [3.63, 3.8) is 0 Å². The Hall–Kier alpha value is -3.87. The van der Waals surface area contributed by atoms with Crippen LogP contribution in [0.5, 0.6) is 5.75 Å². The molecule has 0 unspecified atom stereocenters. The second-order valence-corrected chi connectivity index (χ2v) is 6.12. The van der Waals surface area contributed by atoms with Crippen LogP contribution < -0.4 is 15.4 Å². The van der Waals surface area contributed by atoms with E-state index in [0.29, 0.717) is 23.6 Å². The van der Waals surface area contributed by atoms with E-state index in [1.54, 1.807) is 49.7 Å². The van der Waals surface area contributed by atoms with Crippen LogP contribution in [0, 0.1) is 0 Å². The number of methoxy groups -OCH3 is 2. The molecule has 1 heterocycles. The predicted molar refractivity (Wildman–Crippen MR) is 110 cm³/mol. The van der Waals surface area contributed by atoms with Crippen molar-refractivity contribution in [1.82, 2.24) is 4.98 Å². The molecule has 7 nitrogen and oxygen atoms in total. The van der Waals surface area contributed by atoms with Crippen molar-refractivity contribution in [2.45, 2.75) is 6.54 Å². The fraction of sp³-hybridized carbons (Fsp3) is 0.136. The van der Waals surface area contributed by atoms with Crippen LogP contribution in [0.2, 0.25) is 0 Å². The van der Waals surface area contributed by atoms with E-state index in [0.717, 1.165) is 11.3 Å². The van der Waals surface area contributed by atoms with Gasteiger partial charge in [-0.05, 0) is 42.0 Å². The maximum atomic E-state index is 12.6. The second kappa shape index (κ2) is 9.36. The number of benzene rings is 2. The van der Waals surface area contributed by atoms with E-state index in [-0.39, 0.29) is 11.5 Å². The predicted octanol–water partition coefficient (Wildman–Crippen LogP) is 3.74. The molecule has 0 aliphatic carbocycles. The third kappa shape index (κ3) is 5.10. The Morgan fingerprint density at radius 3 is 2.48 bits per heavy atom. The van der Waals surface area contributed by atoms with Crippen LogP contribution in [0.25, 0.3) is 0 Å². The average molecular weight is 391 g/mol. The summed E-state index contributed by atoms with van der Waals surface area (Å²) >= 11 is 0. The highest BCUT2D eigenvalue weighted by atomic mass is 16.5. The molecule has 0 fully saturated rings. The molecular formula is C22H21N3O4. The molecule has 3 rings (SSSR count). The molecule has 7 heteroatoms. The highest BCUT2D eigenvalue weighted by molar-refractivity contribution is 6.08. The molecule has 0 saturated heterocycles. The lowest BCUT2D eigenvalue weighted by Crippen LogP contribution is -2.16. The number of ether oxygens (including phenoxy) is 2. The number of amides is 1. The second-order valence-electron chi connectivity index (χ2n) is 6.12. The zero-order valence-electron chi connectivity index (χ0n) is 16.1. The van der Waals surface area contributed by atoms with Crippen LogP contribution in [0.3, 0.4) is 0 Å². The Bertz CT molecular complexity index is 1000. The quantitative estimate of drug-likeness (QED) is 0.597. The molecule has 0 radical (unpaired) electrons. The number of carbonyl (C=O) groups excluding carboxylic acids is 2. The van der Waals surface area contributed by atoms with Crippen LogP contribution >= 0.6 is 0 Å². The topological polar surface area (TPSA) is 89.5 Å². The minimum Gasteiger partial charge on any atom is -0.497 e. The number of rotatable bonds is 7. The molecule has 3 aromatic rings. The van der Waals surface area contributed by atoms with Gasteiger partial charge in [0.15, 0.2) is 0 Å². The van der Waals surface area contributed by atoms with Gasteiger partial charge in [0.05, 0.1) is 25.5 Å². The molecular weight excluding hydrogens is 370 g/mol. The number of nitrogens with one attached hydrogen (secondary N) is 2. The summed E-state index contributed by atoms with van der Waals surface area (Å²) in [5, 5.41) is 5.94. The van der Waals surface area contributed by atoms with Crippen LogP contribution in [0.4, 0.5) is 11.5 Å². The zero-order valence-corrected chi connectivity index (χ0v) is 16.1. The summed E-state index contributed by atoms with van der Waals surface area (Å²) in [6.45, 7) is 0.549. The molecule has 0 aliphatic rings. The Morgan fingerprint density at radius 1 is 1.00 bits per heavy atom. The number of carbonyl (C=O) groups is 2. The van der Waals surface area contributed by atoms with E-state index in [9.17, 15) is 9.59 Å². The normalized spacial score (nSPS) is 10.1. The molecule has 148 valence electrons. The van der Waals surface area contributed by atoms with Gasteiger partial charge < -0.3 is 20.1 Å². The number of hydrogen-bond acceptors (Lipinski definition) is 6. The van der Waals surface area contributed by atoms with Crippen molar-refractivity contribution < 1.29 is 19.1 Å². The highest BCUT2D eigenvalue weighted by Gasteiger charge is 2.14. The van der Waals surface area contributed by atoms with E-state index >= 15 is 0 Å². The Kier molecular flexibility index (Phi) is 6.42. The maximum Gasteiger partial charge on any atom is 0.339 e. The van der Waals surface area contributed by atoms with Gasteiger partial charge in [0.1, 0.15) is 11.6 Å². The first-order valence-corrected chi connectivity index (χ1v) is 8.92. The lowest BCUT2D eigenvalue weighted by molar-refractivity contribution is 0.0602. The van der Waals surface area contributed by atoms with Gasteiger partial charge in [-0.1, -0.05) is 24.3 Å². The summed E-state index contributed by atoms with van der Waals surface area (Å²) in [5.74, 6) is 0.487. The van der Waals surface area contributed by atoms with E-state index in [1.807, 2.05) is 24.3 Å². The molecule has 0 spiro atoms. The summed E-state index contributed by atoms with van der Waals surface area (Å²) in [5.41, 5.74) is 2.13. The molecule has 0 aliphatic heterocycles. The highest BCUT2D eigenvalue weighted by Crippen LogP contribution is 2.18. The van der Waals surface area contributed by atoms with E-state index in [1.165, 1.54) is 7.11 Å². The minimum absolute atomic E-state index is 0.287. The molecule has 1 aromatic heterocycles. The number of nitrogens with zero attached hydrogens (tertiary/aromatic N) is 1. The third-order valence-corrected chi connectivity index (χ3v) is 4.24. The third-order valence-electron chi connectivity index (χ3n) is 4.24. The standard InChI is InChI=1S/C22H21N3O4/c1-28-17-9-7-15(8-10-17)14-24-20-13-16(11-12-23-20)21(26)25-19-6-4-3-5-18(19)22(27)29-2/h3-13H,14H2,1-2H3,(H,23,24)(H,25,26). The van der Waals surface area contributed by atoms with E-state index in [4.69, 9.17) is 9.47 Å². The Labute approximate surface area is 168 Å². The first-order chi connectivity index (χ1) is 14.1. The Balaban J connectivity index is 1.69. The summed E-state index contributed by atoms with van der Waals surface area (Å²) in [4.78, 5) is 28.8. The SMILES string of the molecule is COC(=O)c1ccccc1NC(=O)c1ccnc(NCc2ccc(OC)cc2)c1. The van der Waals surface area contributed by atoms with Crippen molar-refractivity contribution in [3.8, 4) is 5.75 Å². The van der Waals surface area contributed by atoms with Crippen molar-refractivity contribution in [1.29, 1.82) is 0 Å². The lowest BCUT2D eigenvalue weighted by Gasteiger charge is -2.11. The molecule has 29 heavy (non-hydrogen) atoms. The number of anilines is 2. The van der Waals surface area contributed by atoms with Crippen LogP contribution in [0.15, 0.2) is 66.9 Å². The van der Waals surface area contributed by atoms with Gasteiger partial charge in [-0.2, -0.15) is 0 Å². The van der Waals surface area contributed by atoms with Crippen LogP contribution in [0.1, 0.15) is 26.3 Å². The molecule has 2 aromatic carbocycles. The van der Waals surface area contributed by atoms with Gasteiger partial charge in [0, 0.05) is 18.3 Å². The number of pyridine rings is 1. The number of aromatic nitrogens is 1. The fourth-order valence-corrected chi connectivity index (χ4v) is 2.68. The summed E-state index contributed by atoms with van der Waals surface area (Å²) < 4.78 is 9.90. The molecule has 2 N–H and O–H groups in total. The summed E-state index contributed by atoms with van der Waals surface area (Å²) in [6.07, 6.45) is 1.55. The maximum absolute atomic E-state index is 12.6. The lowest BCUT2D eigenvalue weighted by atomic mass is 10.1. The van der Waals surface area contributed by atoms with E-state index in [2.05, 4.69) is 15.6 Å². The van der Waals surface area contributed by atoms with Gasteiger partial charge in [0.2, 0.25) is 0 Å². The average Bonchev–Trinajstić information content (AvgIpc) is 2.78.